The van der Waals surface area contributed by atoms with Crippen LogP contribution in [0.2, 0.25) is 0 Å². The number of halogens is 1. The normalized spacial score (nSPS) is 8.93. The Balaban J connectivity index is -0.000000209. The zero-order valence-electron chi connectivity index (χ0n) is 8.31. The minimum absolute atomic E-state index is 0. The third-order valence-electron chi connectivity index (χ3n) is 0.693. The lowest BCUT2D eigenvalue weighted by molar-refractivity contribution is -0.134. The predicted octanol–water partition coefficient (Wildman–Crippen LogP) is -0.731. The van der Waals surface area contributed by atoms with Crippen LogP contribution in [0.1, 0.15) is 6.92 Å². The van der Waals surface area contributed by atoms with Crippen molar-refractivity contribution in [3.8, 4) is 0 Å². The number of carboxylic acids is 1. The summed E-state index contributed by atoms with van der Waals surface area (Å²) in [5.41, 5.74) is 10.2. The van der Waals surface area contributed by atoms with Gasteiger partial charge in [0.05, 0.1) is 0 Å². The fourth-order valence-corrected chi connectivity index (χ4v) is 0.223. The quantitative estimate of drug-likeness (QED) is 0.319. The number of aliphatic imine (C=N–C) groups is 1. The summed E-state index contributed by atoms with van der Waals surface area (Å²) >= 11 is 0. The molecule has 0 rings (SSSR count). The van der Waals surface area contributed by atoms with E-state index in [-0.39, 0.29) is 24.3 Å². The molecule has 84 valence electrons. The van der Waals surface area contributed by atoms with Crippen molar-refractivity contribution in [1.29, 1.82) is 5.41 Å². The first-order valence-electron chi connectivity index (χ1n) is 3.32. The third kappa shape index (κ3) is 22.4. The summed E-state index contributed by atoms with van der Waals surface area (Å²) in [6.07, 6.45) is 0. The van der Waals surface area contributed by atoms with E-state index >= 15 is 0 Å². The van der Waals surface area contributed by atoms with Gasteiger partial charge in [0.15, 0.2) is 5.96 Å². The lowest BCUT2D eigenvalue weighted by atomic mass is 10.8. The molecule has 0 radical (unpaired) electrons. The summed E-state index contributed by atoms with van der Waals surface area (Å²) in [5.74, 6) is -0.872. The second-order valence-corrected chi connectivity index (χ2v) is 2.27. The Hall–Kier alpha value is -1.50. The number of carboxylic acid groups (broad SMARTS) is 1. The maximum atomic E-state index is 9.00. The summed E-state index contributed by atoms with van der Waals surface area (Å²) in [6.45, 7) is 1.08. The minimum Gasteiger partial charge on any atom is -0.481 e. The van der Waals surface area contributed by atoms with Gasteiger partial charge in [0.1, 0.15) is 0 Å². The molecule has 0 heterocycles. The van der Waals surface area contributed by atoms with Crippen LogP contribution in [0.5, 0.6) is 0 Å². The molecule has 0 aromatic heterocycles. The molecule has 0 unspecified atom stereocenters. The van der Waals surface area contributed by atoms with E-state index in [0.29, 0.717) is 0 Å². The number of rotatable bonds is 0. The first kappa shape index (κ1) is 18.3. The summed E-state index contributed by atoms with van der Waals surface area (Å²) < 4.78 is 0. The van der Waals surface area contributed by atoms with Crippen LogP contribution in [0.3, 0.4) is 0 Å². The highest BCUT2D eigenvalue weighted by atomic mass is 35.5. The Bertz CT molecular complexity index is 212. The average Bonchev–Trinajstić information content (AvgIpc) is 1.83. The number of hydrogen-bond donors (Lipinski definition) is 4. The Morgan fingerprint density at radius 1 is 1.43 bits per heavy atom. The largest absolute Gasteiger partial charge is 0.481 e. The molecule has 0 fully saturated rings. The molecule has 0 amide bonds. The molecule has 0 aromatic carbocycles. The zero-order chi connectivity index (χ0) is 11.0. The van der Waals surface area contributed by atoms with Crippen LogP contribution < -0.4 is 11.5 Å². The molecule has 0 aliphatic heterocycles. The highest BCUT2D eigenvalue weighted by Gasteiger charge is 1.92. The Kier molecular flexibility index (Phi) is 12.5. The molecule has 0 saturated heterocycles. The van der Waals surface area contributed by atoms with Gasteiger partial charge in [-0.2, -0.15) is 4.99 Å². The summed E-state index contributed by atoms with van der Waals surface area (Å²) in [7, 11) is 3.45. The molecule has 0 spiro atoms. The van der Waals surface area contributed by atoms with Crippen molar-refractivity contribution in [2.75, 3.05) is 14.1 Å². The molecule has 0 bridgehead atoms. The topological polar surface area (TPSA) is 129 Å². The van der Waals surface area contributed by atoms with Crippen LogP contribution in [-0.4, -0.2) is 42.0 Å². The Labute approximate surface area is 88.7 Å². The summed E-state index contributed by atoms with van der Waals surface area (Å²) in [5, 5.41) is 14.1. The number of hydrogen-bond acceptors (Lipinski definition) is 2. The lowest BCUT2D eigenvalue weighted by Crippen LogP contribution is -2.32. The molecule has 0 aromatic rings. The zero-order valence-corrected chi connectivity index (χ0v) is 9.13. The smallest absolute Gasteiger partial charge is 0.300 e. The van der Waals surface area contributed by atoms with Gasteiger partial charge in [-0.3, -0.25) is 10.2 Å². The van der Waals surface area contributed by atoms with E-state index in [1.807, 2.05) is 0 Å². The van der Waals surface area contributed by atoms with Gasteiger partial charge in [-0.1, -0.05) is 0 Å². The second-order valence-electron chi connectivity index (χ2n) is 2.27. The first-order valence-corrected chi connectivity index (χ1v) is 3.32. The summed E-state index contributed by atoms with van der Waals surface area (Å²) in [4.78, 5) is 14.0. The first-order chi connectivity index (χ1) is 5.77. The molecule has 8 heteroatoms. The standard InChI is InChI=1S/C4H11N5.C2H4O2.ClH/c1-9(2)4(7)8-3(5)6;1-2(3)4;/h1-2H3,(H5,5,6,7,8);1H3,(H,3,4);1H. The molecular weight excluding hydrogens is 210 g/mol. The number of nitrogens with two attached hydrogens (primary N) is 2. The number of carbonyl (C=O) groups is 1. The van der Waals surface area contributed by atoms with E-state index in [2.05, 4.69) is 4.99 Å². The molecule has 0 atom stereocenters. The van der Waals surface area contributed by atoms with Gasteiger partial charge in [-0.05, 0) is 0 Å². The van der Waals surface area contributed by atoms with Gasteiger partial charge in [0, 0.05) is 21.0 Å². The number of guanidine groups is 2. The van der Waals surface area contributed by atoms with E-state index in [9.17, 15) is 0 Å². The van der Waals surface area contributed by atoms with Crippen LogP contribution >= 0.6 is 12.4 Å². The van der Waals surface area contributed by atoms with Crippen LogP contribution in [0.4, 0.5) is 0 Å². The number of aliphatic carboxylic acids is 1. The van der Waals surface area contributed by atoms with E-state index in [4.69, 9.17) is 26.8 Å². The minimum atomic E-state index is -0.833. The molecule has 0 aliphatic rings. The molecule has 6 N–H and O–H groups in total. The number of nitrogens with one attached hydrogen (secondary N) is 1. The van der Waals surface area contributed by atoms with Crippen LogP contribution in [0.25, 0.3) is 0 Å². The van der Waals surface area contributed by atoms with Gasteiger partial charge in [-0.15, -0.1) is 12.4 Å². The van der Waals surface area contributed by atoms with E-state index in [0.717, 1.165) is 6.92 Å². The number of nitrogens with zero attached hydrogens (tertiary/aromatic N) is 2. The molecular formula is C6H16ClN5O2. The monoisotopic (exact) mass is 225 g/mol. The maximum Gasteiger partial charge on any atom is 0.300 e. The molecule has 14 heavy (non-hydrogen) atoms. The van der Waals surface area contributed by atoms with Gasteiger partial charge >= 0.3 is 0 Å². The predicted molar refractivity (Wildman–Crippen MR) is 57.8 cm³/mol. The van der Waals surface area contributed by atoms with Gasteiger partial charge in [0.2, 0.25) is 5.96 Å². The van der Waals surface area contributed by atoms with Gasteiger partial charge in [0.25, 0.3) is 5.97 Å². The van der Waals surface area contributed by atoms with Crippen molar-refractivity contribution >= 4 is 30.3 Å². The average molecular weight is 226 g/mol. The molecule has 0 aliphatic carbocycles. The highest BCUT2D eigenvalue weighted by molar-refractivity contribution is 5.91. The van der Waals surface area contributed by atoms with Crippen molar-refractivity contribution in [2.24, 2.45) is 16.5 Å². The van der Waals surface area contributed by atoms with E-state index in [1.165, 1.54) is 0 Å². The van der Waals surface area contributed by atoms with Crippen LogP contribution in [0.15, 0.2) is 4.99 Å². The van der Waals surface area contributed by atoms with Crippen LogP contribution in [-0.2, 0) is 4.79 Å². The van der Waals surface area contributed by atoms with Crippen molar-refractivity contribution in [3.63, 3.8) is 0 Å². The van der Waals surface area contributed by atoms with Crippen molar-refractivity contribution in [3.05, 3.63) is 0 Å². The second kappa shape index (κ2) is 9.59. The fraction of sp³-hybridized carbons (Fsp3) is 0.500. The third-order valence-corrected chi connectivity index (χ3v) is 0.693. The van der Waals surface area contributed by atoms with E-state index < -0.39 is 5.97 Å². The van der Waals surface area contributed by atoms with Crippen LogP contribution in [0, 0.1) is 5.41 Å². The molecule has 0 saturated carbocycles. The lowest BCUT2D eigenvalue weighted by Gasteiger charge is -2.08. The Morgan fingerprint density at radius 3 is 1.79 bits per heavy atom. The Morgan fingerprint density at radius 2 is 1.71 bits per heavy atom. The van der Waals surface area contributed by atoms with Crippen molar-refractivity contribution in [1.82, 2.24) is 4.90 Å². The van der Waals surface area contributed by atoms with Crippen molar-refractivity contribution in [2.45, 2.75) is 6.92 Å². The summed E-state index contributed by atoms with van der Waals surface area (Å²) in [6, 6.07) is 0. The highest BCUT2D eigenvalue weighted by Crippen LogP contribution is 1.73. The molecule has 7 nitrogen and oxygen atoms in total. The SMILES string of the molecule is CC(=O)O.CN(C)C(N)=NC(=N)N.Cl. The van der Waals surface area contributed by atoms with Gasteiger partial charge in [-0.25, -0.2) is 0 Å². The van der Waals surface area contributed by atoms with Crippen molar-refractivity contribution < 1.29 is 9.90 Å². The van der Waals surface area contributed by atoms with E-state index in [1.54, 1.807) is 19.0 Å². The maximum absolute atomic E-state index is 9.00. The fourth-order valence-electron chi connectivity index (χ4n) is 0.223. The van der Waals surface area contributed by atoms with Gasteiger partial charge < -0.3 is 21.5 Å².